The molecule has 2 unspecified atom stereocenters. The number of hydrogen-bond acceptors (Lipinski definition) is 8. The number of rotatable bonds is 59. The molecule has 0 amide bonds. The smallest absolute Gasteiger partial charge is 0.306 e. The molecule has 0 bridgehead atoms. The van der Waals surface area contributed by atoms with Gasteiger partial charge in [-0.25, -0.2) is 0 Å². The van der Waals surface area contributed by atoms with E-state index in [2.05, 4.69) is 257 Å². The minimum atomic E-state index is -1.66. The SMILES string of the molecule is CC/C=C\C/C=C\C/C=C\C/C=C\C/C=C\C/C=C\C/C=C\C/C=C\C/C=C\C/C=C\C/C=C\C/C=C\CCCCC(=O)OC(COC(=O)CCCC/C=C\C/C=C\C/C=C\C/C=C\C/C=C\C/C=C\C/C=C\C/C=C\CC)COC(OCC[N+](C)(C)C)C(=O)[O-]. The molecule has 0 saturated carbocycles. The van der Waals surface area contributed by atoms with Crippen molar-refractivity contribution in [3.05, 3.63) is 243 Å². The molecule has 2 atom stereocenters. The van der Waals surface area contributed by atoms with Gasteiger partial charge in [0.15, 0.2) is 12.4 Å². The number of carboxylic acids is 1. The Kier molecular flexibility index (Phi) is 63.7. The highest BCUT2D eigenvalue weighted by Gasteiger charge is 2.22. The number of unbranched alkanes of at least 4 members (excludes halogenated alkanes) is 4. The quantitative estimate of drug-likeness (QED) is 0.0195. The van der Waals surface area contributed by atoms with Gasteiger partial charge in [0.05, 0.1) is 40.3 Å². The lowest BCUT2D eigenvalue weighted by Gasteiger charge is -2.26. The van der Waals surface area contributed by atoms with Crippen LogP contribution in [0.5, 0.6) is 0 Å². The van der Waals surface area contributed by atoms with E-state index in [0.717, 1.165) is 154 Å². The zero-order valence-corrected chi connectivity index (χ0v) is 57.1. The van der Waals surface area contributed by atoms with Crippen molar-refractivity contribution < 1.29 is 42.9 Å². The number of aliphatic carboxylic acids is 1. The first-order valence-corrected chi connectivity index (χ1v) is 34.2. The maximum atomic E-state index is 12.9. The number of allylic oxidation sites excluding steroid dienone is 40. The number of carbonyl (C=O) groups is 3. The van der Waals surface area contributed by atoms with Crippen LogP contribution >= 0.6 is 0 Å². The van der Waals surface area contributed by atoms with Gasteiger partial charge in [-0.15, -0.1) is 0 Å². The zero-order valence-electron chi connectivity index (χ0n) is 57.1. The summed E-state index contributed by atoms with van der Waals surface area (Å²) in [4.78, 5) is 37.4. The molecule has 0 heterocycles. The molecule has 0 saturated heterocycles. The van der Waals surface area contributed by atoms with Crippen molar-refractivity contribution in [2.75, 3.05) is 47.5 Å². The Labute approximate surface area is 554 Å². The maximum Gasteiger partial charge on any atom is 0.306 e. The van der Waals surface area contributed by atoms with Crippen LogP contribution in [0, 0.1) is 0 Å². The van der Waals surface area contributed by atoms with E-state index in [1.807, 2.05) is 21.1 Å². The first-order valence-electron chi connectivity index (χ1n) is 34.2. The number of esters is 2. The molecule has 0 aromatic carbocycles. The summed E-state index contributed by atoms with van der Waals surface area (Å²) in [5.74, 6) is -2.44. The Balaban J connectivity index is 4.40. The van der Waals surface area contributed by atoms with Crippen LogP contribution in [0.15, 0.2) is 243 Å². The fraction of sp³-hybridized carbons (Fsp3) is 0.476. The number of ether oxygens (including phenoxy) is 4. The van der Waals surface area contributed by atoms with E-state index in [-0.39, 0.29) is 32.7 Å². The third kappa shape index (κ3) is 70.4. The van der Waals surface area contributed by atoms with Gasteiger partial charge in [-0.3, -0.25) is 9.59 Å². The number of hydrogen-bond donors (Lipinski definition) is 0. The number of quaternary nitrogens is 1. The lowest BCUT2D eigenvalue weighted by molar-refractivity contribution is -0.870. The number of likely N-dealkylation sites (N-methyl/N-ethyl adjacent to an activating group) is 1. The van der Waals surface area contributed by atoms with Gasteiger partial charge in [0, 0.05) is 12.8 Å². The van der Waals surface area contributed by atoms with Gasteiger partial charge in [0.2, 0.25) is 0 Å². The van der Waals surface area contributed by atoms with Gasteiger partial charge in [-0.1, -0.05) is 257 Å². The molecule has 0 aliphatic heterocycles. The van der Waals surface area contributed by atoms with Crippen molar-refractivity contribution in [3.63, 3.8) is 0 Å². The second kappa shape index (κ2) is 69.0. The van der Waals surface area contributed by atoms with Gasteiger partial charge < -0.3 is 33.3 Å². The lowest BCUT2D eigenvalue weighted by atomic mass is 10.1. The van der Waals surface area contributed by atoms with Gasteiger partial charge in [-0.05, 0) is 167 Å². The minimum Gasteiger partial charge on any atom is -0.545 e. The molecule has 0 radical (unpaired) electrons. The van der Waals surface area contributed by atoms with Crippen LogP contribution in [-0.4, -0.2) is 82.3 Å². The molecule has 0 aliphatic rings. The summed E-state index contributed by atoms with van der Waals surface area (Å²) in [7, 11) is 5.87. The van der Waals surface area contributed by atoms with Crippen molar-refractivity contribution in [1.29, 1.82) is 0 Å². The summed E-state index contributed by atoms with van der Waals surface area (Å²) in [6.45, 7) is 4.37. The van der Waals surface area contributed by atoms with Crippen molar-refractivity contribution in [3.8, 4) is 0 Å². The Bertz CT molecular complexity index is 2390. The van der Waals surface area contributed by atoms with E-state index in [1.165, 1.54) is 0 Å². The molecular formula is C82H121NO8. The summed E-state index contributed by atoms with van der Waals surface area (Å²) in [5.41, 5.74) is 0. The fourth-order valence-electron chi connectivity index (χ4n) is 7.94. The molecule has 9 nitrogen and oxygen atoms in total. The summed E-state index contributed by atoms with van der Waals surface area (Å²) >= 11 is 0. The third-order valence-corrected chi connectivity index (χ3v) is 13.1. The highest BCUT2D eigenvalue weighted by atomic mass is 16.7. The standard InChI is InChI=1S/C82H121NO8/c1-6-8-10-12-14-16-18-20-22-24-26-28-30-32-34-35-36-37-38-39-40-41-42-43-44-45-47-49-51-53-55-57-59-61-63-65-67-69-71-73-80(85)91-78(77-90-82(81(86)87)88-75-74-83(3,4)5)76-89-79(84)72-70-68-66-64-62-60-58-56-54-52-50-48-46-33-31-29-27-25-23-21-19-17-15-13-11-9-7-2/h8-11,14-17,20-23,26-29,32-34,36-37,39-40,42-43,45-47,50-53,56-59,62-65,78,82H,6-7,12-13,18-19,24-25,30-31,35,38,41,44,48-49,54-55,60-61,66-77H2,1-5H3/b10-8-,11-9-,16-14-,17-15-,22-20-,23-21-,28-26-,29-27-,34-32-,37-36-,40-39-,43-42-,46-33-,47-45-,52-50-,53-51-,58-56-,59-57-,64-62-,65-63-. The van der Waals surface area contributed by atoms with Crippen molar-refractivity contribution in [2.24, 2.45) is 0 Å². The molecular weight excluding hydrogens is 1130 g/mol. The summed E-state index contributed by atoms with van der Waals surface area (Å²) < 4.78 is 22.6. The highest BCUT2D eigenvalue weighted by molar-refractivity contribution is 5.70. The van der Waals surface area contributed by atoms with Crippen molar-refractivity contribution >= 4 is 17.9 Å². The van der Waals surface area contributed by atoms with E-state index < -0.39 is 30.3 Å². The first-order chi connectivity index (χ1) is 44.6. The molecule has 0 rings (SSSR count). The van der Waals surface area contributed by atoms with Gasteiger partial charge in [-0.2, -0.15) is 0 Å². The van der Waals surface area contributed by atoms with Crippen LogP contribution in [0.4, 0.5) is 0 Å². The van der Waals surface area contributed by atoms with E-state index in [1.54, 1.807) is 0 Å². The Hall–Kier alpha value is -6.91. The summed E-state index contributed by atoms with van der Waals surface area (Å²) in [6.07, 6.45) is 110. The molecule has 9 heteroatoms. The largest absolute Gasteiger partial charge is 0.545 e. The van der Waals surface area contributed by atoms with Gasteiger partial charge in [0.1, 0.15) is 13.2 Å². The average molecular weight is 1250 g/mol. The molecule has 0 aromatic rings. The summed E-state index contributed by atoms with van der Waals surface area (Å²) in [6, 6.07) is 0. The van der Waals surface area contributed by atoms with E-state index in [9.17, 15) is 19.5 Å². The van der Waals surface area contributed by atoms with Crippen LogP contribution in [0.25, 0.3) is 0 Å². The maximum absolute atomic E-state index is 12.9. The molecule has 0 fully saturated rings. The van der Waals surface area contributed by atoms with Crippen molar-refractivity contribution in [2.45, 2.75) is 206 Å². The Morgan fingerprint density at radius 2 is 0.582 bits per heavy atom. The molecule has 0 aliphatic carbocycles. The molecule has 502 valence electrons. The normalized spacial score (nSPS) is 14.3. The zero-order chi connectivity index (χ0) is 66.1. The number of carboxylic acid groups (broad SMARTS) is 1. The number of nitrogens with zero attached hydrogens (tertiary/aromatic N) is 1. The minimum absolute atomic E-state index is 0.116. The van der Waals surface area contributed by atoms with Crippen molar-refractivity contribution in [1.82, 2.24) is 0 Å². The van der Waals surface area contributed by atoms with Crippen LogP contribution < -0.4 is 5.11 Å². The first kappa shape index (κ1) is 84.1. The van der Waals surface area contributed by atoms with E-state index in [4.69, 9.17) is 18.9 Å². The predicted molar refractivity (Wildman–Crippen MR) is 388 cm³/mol. The van der Waals surface area contributed by atoms with Crippen LogP contribution in [-0.2, 0) is 33.3 Å². The van der Waals surface area contributed by atoms with Crippen LogP contribution in [0.1, 0.15) is 194 Å². The second-order valence-electron chi connectivity index (χ2n) is 22.6. The highest BCUT2D eigenvalue weighted by Crippen LogP contribution is 2.10. The Morgan fingerprint density at radius 1 is 0.330 bits per heavy atom. The lowest BCUT2D eigenvalue weighted by Crippen LogP contribution is -2.44. The molecule has 0 aromatic heterocycles. The Morgan fingerprint density at radius 3 is 0.835 bits per heavy atom. The van der Waals surface area contributed by atoms with E-state index in [0.29, 0.717) is 23.9 Å². The van der Waals surface area contributed by atoms with Crippen LogP contribution in [0.2, 0.25) is 0 Å². The summed E-state index contributed by atoms with van der Waals surface area (Å²) in [5, 5.41) is 11.8. The topological polar surface area (TPSA) is 111 Å². The average Bonchev–Trinajstić information content (AvgIpc) is 3.46. The fourth-order valence-corrected chi connectivity index (χ4v) is 7.94. The van der Waals surface area contributed by atoms with Gasteiger partial charge >= 0.3 is 11.9 Å². The molecule has 0 spiro atoms. The monoisotopic (exact) mass is 1250 g/mol. The molecule has 0 N–H and O–H groups in total. The van der Waals surface area contributed by atoms with Gasteiger partial charge in [0.25, 0.3) is 0 Å². The second-order valence-corrected chi connectivity index (χ2v) is 22.6. The van der Waals surface area contributed by atoms with Crippen LogP contribution in [0.3, 0.4) is 0 Å². The van der Waals surface area contributed by atoms with E-state index >= 15 is 0 Å². The molecule has 91 heavy (non-hydrogen) atoms. The third-order valence-electron chi connectivity index (χ3n) is 13.1. The predicted octanol–water partition coefficient (Wildman–Crippen LogP) is 20.3. The number of carbonyl (C=O) groups excluding carboxylic acids is 3.